The molecule has 1 N–H and O–H groups in total. The molecular weight excluding hydrogens is 276 g/mol. The minimum absolute atomic E-state index is 0.433. The molecule has 0 atom stereocenters. The van der Waals surface area contributed by atoms with E-state index in [-0.39, 0.29) is 0 Å². The lowest BCUT2D eigenvalue weighted by Gasteiger charge is -2.09. The van der Waals surface area contributed by atoms with Gasteiger partial charge in [0, 0.05) is 18.8 Å². The summed E-state index contributed by atoms with van der Waals surface area (Å²) < 4.78 is 11.1. The van der Waals surface area contributed by atoms with Crippen molar-refractivity contribution in [3.63, 3.8) is 0 Å². The van der Waals surface area contributed by atoms with Crippen LogP contribution in [0.1, 0.15) is 5.56 Å². The van der Waals surface area contributed by atoms with Gasteiger partial charge in [0.15, 0.2) is 0 Å². The van der Waals surface area contributed by atoms with Gasteiger partial charge in [0.05, 0.1) is 5.02 Å². The summed E-state index contributed by atoms with van der Waals surface area (Å²) in [5.74, 6) is 1.38. The average Bonchev–Trinajstić information content (AvgIpc) is 2.48. The topological polar surface area (TPSA) is 43.4 Å². The van der Waals surface area contributed by atoms with Crippen LogP contribution >= 0.6 is 11.6 Å². The third-order valence-corrected chi connectivity index (χ3v) is 2.96. The van der Waals surface area contributed by atoms with Gasteiger partial charge < -0.3 is 14.8 Å². The first-order valence-corrected chi connectivity index (χ1v) is 6.77. The Morgan fingerprint density at radius 1 is 1.15 bits per heavy atom. The minimum atomic E-state index is 0.433. The van der Waals surface area contributed by atoms with Crippen LogP contribution in [0.2, 0.25) is 5.02 Å². The molecule has 0 aliphatic rings. The summed E-state index contributed by atoms with van der Waals surface area (Å²) in [6.45, 7) is 1.58. The Labute approximate surface area is 123 Å². The summed E-state index contributed by atoms with van der Waals surface area (Å²) in [5.41, 5.74) is 0.961. The largest absolute Gasteiger partial charge is 0.490 e. The van der Waals surface area contributed by atoms with Crippen molar-refractivity contribution in [1.82, 2.24) is 10.3 Å². The molecule has 0 aliphatic heterocycles. The lowest BCUT2D eigenvalue weighted by molar-refractivity contribution is 0.212. The van der Waals surface area contributed by atoms with Gasteiger partial charge in [-0.1, -0.05) is 29.8 Å². The first-order valence-electron chi connectivity index (χ1n) is 6.39. The number of rotatable bonds is 7. The van der Waals surface area contributed by atoms with Crippen LogP contribution in [0.4, 0.5) is 0 Å². The fourth-order valence-corrected chi connectivity index (χ4v) is 1.86. The number of hydrogen-bond donors (Lipinski definition) is 1. The van der Waals surface area contributed by atoms with E-state index >= 15 is 0 Å². The van der Waals surface area contributed by atoms with Gasteiger partial charge in [-0.15, -0.1) is 0 Å². The Kier molecular flexibility index (Phi) is 5.65. The molecule has 0 saturated carbocycles. The zero-order chi connectivity index (χ0) is 14.2. The van der Waals surface area contributed by atoms with E-state index in [1.807, 2.05) is 43.4 Å². The smallest absolute Gasteiger partial charge is 0.213 e. The summed E-state index contributed by atoms with van der Waals surface area (Å²) in [7, 11) is 1.87. The van der Waals surface area contributed by atoms with E-state index in [1.54, 1.807) is 6.20 Å². The van der Waals surface area contributed by atoms with Crippen molar-refractivity contribution in [2.75, 3.05) is 20.3 Å². The Balaban J connectivity index is 1.80. The van der Waals surface area contributed by atoms with Gasteiger partial charge in [0.2, 0.25) is 5.88 Å². The number of nitrogens with one attached hydrogen (secondary N) is 1. The van der Waals surface area contributed by atoms with Gasteiger partial charge in [-0.25, -0.2) is 4.98 Å². The molecule has 0 spiro atoms. The molecule has 20 heavy (non-hydrogen) atoms. The van der Waals surface area contributed by atoms with Gasteiger partial charge in [-0.05, 0) is 24.7 Å². The van der Waals surface area contributed by atoms with Crippen LogP contribution < -0.4 is 14.8 Å². The molecule has 0 bridgehead atoms. The van der Waals surface area contributed by atoms with Crippen LogP contribution in [-0.4, -0.2) is 25.2 Å². The second kappa shape index (κ2) is 7.72. The molecule has 4 nitrogen and oxygen atoms in total. The molecule has 0 amide bonds. The summed E-state index contributed by atoms with van der Waals surface area (Å²) in [5, 5.41) is 3.68. The molecule has 0 aliphatic carbocycles. The molecule has 0 saturated heterocycles. The molecule has 1 aromatic heterocycles. The number of aromatic nitrogens is 1. The van der Waals surface area contributed by atoms with Gasteiger partial charge in [0.1, 0.15) is 19.0 Å². The SMILES string of the molecule is CNCc1cc(OCCOc2ccccc2)ncc1Cl. The maximum atomic E-state index is 6.03. The van der Waals surface area contributed by atoms with Crippen molar-refractivity contribution in [1.29, 1.82) is 0 Å². The Bertz CT molecular complexity index is 535. The van der Waals surface area contributed by atoms with Crippen molar-refractivity contribution in [3.8, 4) is 11.6 Å². The zero-order valence-electron chi connectivity index (χ0n) is 11.3. The van der Waals surface area contributed by atoms with Crippen molar-refractivity contribution < 1.29 is 9.47 Å². The van der Waals surface area contributed by atoms with Crippen molar-refractivity contribution in [3.05, 3.63) is 53.2 Å². The van der Waals surface area contributed by atoms with E-state index in [1.165, 1.54) is 0 Å². The fourth-order valence-electron chi connectivity index (χ4n) is 1.69. The average molecular weight is 293 g/mol. The summed E-state index contributed by atoms with van der Waals surface area (Å²) in [4.78, 5) is 4.13. The summed E-state index contributed by atoms with van der Waals surface area (Å²) in [6.07, 6.45) is 1.60. The first kappa shape index (κ1) is 14.6. The third-order valence-electron chi connectivity index (χ3n) is 2.62. The lowest BCUT2D eigenvalue weighted by Crippen LogP contribution is -2.11. The van der Waals surface area contributed by atoms with Crippen molar-refractivity contribution >= 4 is 11.6 Å². The molecule has 2 rings (SSSR count). The zero-order valence-corrected chi connectivity index (χ0v) is 12.1. The lowest BCUT2D eigenvalue weighted by atomic mass is 10.2. The molecule has 5 heteroatoms. The second-order valence-electron chi connectivity index (χ2n) is 4.15. The summed E-state index contributed by atoms with van der Waals surface area (Å²) in [6, 6.07) is 11.5. The maximum absolute atomic E-state index is 6.03. The van der Waals surface area contributed by atoms with E-state index in [4.69, 9.17) is 21.1 Å². The van der Waals surface area contributed by atoms with E-state index < -0.39 is 0 Å². The first-order chi connectivity index (χ1) is 9.79. The van der Waals surface area contributed by atoms with E-state index in [9.17, 15) is 0 Å². The highest BCUT2D eigenvalue weighted by Crippen LogP contribution is 2.19. The maximum Gasteiger partial charge on any atom is 0.213 e. The monoisotopic (exact) mass is 292 g/mol. The molecule has 1 aromatic carbocycles. The highest BCUT2D eigenvalue weighted by atomic mass is 35.5. The molecule has 1 heterocycles. The highest BCUT2D eigenvalue weighted by Gasteiger charge is 2.03. The second-order valence-corrected chi connectivity index (χ2v) is 4.56. The number of benzene rings is 1. The van der Waals surface area contributed by atoms with Crippen LogP contribution in [0.15, 0.2) is 42.6 Å². The van der Waals surface area contributed by atoms with Gasteiger partial charge in [0.25, 0.3) is 0 Å². The van der Waals surface area contributed by atoms with Crippen LogP contribution in [0, 0.1) is 0 Å². The number of ether oxygens (including phenoxy) is 2. The summed E-state index contributed by atoms with van der Waals surface area (Å²) >= 11 is 6.03. The Hall–Kier alpha value is -1.78. The van der Waals surface area contributed by atoms with E-state index in [2.05, 4.69) is 10.3 Å². The predicted octanol–water partition coefficient (Wildman–Crippen LogP) is 2.91. The molecule has 2 aromatic rings. The molecule has 0 fully saturated rings. The van der Waals surface area contributed by atoms with Crippen LogP contribution in [0.3, 0.4) is 0 Å². The van der Waals surface area contributed by atoms with E-state index in [0.29, 0.717) is 30.7 Å². The Morgan fingerprint density at radius 2 is 1.90 bits per heavy atom. The van der Waals surface area contributed by atoms with E-state index in [0.717, 1.165) is 11.3 Å². The molecule has 106 valence electrons. The quantitative estimate of drug-likeness (QED) is 0.797. The van der Waals surface area contributed by atoms with Gasteiger partial charge >= 0.3 is 0 Å². The van der Waals surface area contributed by atoms with Crippen molar-refractivity contribution in [2.45, 2.75) is 6.54 Å². The number of pyridine rings is 1. The number of hydrogen-bond acceptors (Lipinski definition) is 4. The number of para-hydroxylation sites is 1. The van der Waals surface area contributed by atoms with Crippen molar-refractivity contribution in [2.24, 2.45) is 0 Å². The number of nitrogens with zero attached hydrogens (tertiary/aromatic N) is 1. The predicted molar refractivity (Wildman–Crippen MR) is 79.4 cm³/mol. The third kappa shape index (κ3) is 4.40. The standard InChI is InChI=1S/C15H17ClN2O2/c1-17-10-12-9-15(18-11-14(12)16)20-8-7-19-13-5-3-2-4-6-13/h2-6,9,11,17H,7-8,10H2,1H3. The molecular formula is C15H17ClN2O2. The molecule has 0 unspecified atom stereocenters. The molecule has 0 radical (unpaired) electrons. The van der Waals surface area contributed by atoms with Gasteiger partial charge in [-0.2, -0.15) is 0 Å². The minimum Gasteiger partial charge on any atom is -0.490 e. The van der Waals surface area contributed by atoms with Gasteiger partial charge in [-0.3, -0.25) is 0 Å². The Morgan fingerprint density at radius 3 is 2.65 bits per heavy atom. The normalized spacial score (nSPS) is 10.3. The number of halogens is 1. The highest BCUT2D eigenvalue weighted by molar-refractivity contribution is 6.31. The van der Waals surface area contributed by atoms with Crippen LogP contribution in [0.5, 0.6) is 11.6 Å². The fraction of sp³-hybridized carbons (Fsp3) is 0.267. The van der Waals surface area contributed by atoms with Crippen LogP contribution in [-0.2, 0) is 6.54 Å². The van der Waals surface area contributed by atoms with Crippen LogP contribution in [0.25, 0.3) is 0 Å².